The number of fused-ring (bicyclic) bond motifs is 1. The number of ether oxygens (including phenoxy) is 2. The summed E-state index contributed by atoms with van der Waals surface area (Å²) in [5, 5.41) is 1.05. The Morgan fingerprint density at radius 2 is 1.76 bits per heavy atom. The summed E-state index contributed by atoms with van der Waals surface area (Å²) >= 11 is 0. The summed E-state index contributed by atoms with van der Waals surface area (Å²) in [6, 6.07) is 3.90. The predicted octanol–water partition coefficient (Wildman–Crippen LogP) is 2.13. The Morgan fingerprint density at radius 3 is 2.29 bits per heavy atom. The number of hydrogen-bond acceptors (Lipinski definition) is 5. The van der Waals surface area contributed by atoms with E-state index in [-0.39, 0.29) is 0 Å². The zero-order chi connectivity index (χ0) is 15.6. The van der Waals surface area contributed by atoms with Gasteiger partial charge in [-0.25, -0.2) is 0 Å². The molecule has 1 aromatic carbocycles. The maximum absolute atomic E-state index is 5.75. The largest absolute Gasteiger partial charge is 0.493 e. The van der Waals surface area contributed by atoms with Gasteiger partial charge in [0.05, 0.1) is 25.4 Å². The lowest BCUT2D eigenvalue weighted by atomic mass is 10.0. The fourth-order valence-corrected chi connectivity index (χ4v) is 2.69. The third kappa shape index (κ3) is 2.74. The molecular weight excluding hydrogens is 266 g/mol. The number of aromatic nitrogens is 1. The fraction of sp³-hybridized carbons (Fsp3) is 0.438. The molecule has 21 heavy (non-hydrogen) atoms. The van der Waals surface area contributed by atoms with E-state index < -0.39 is 0 Å². The van der Waals surface area contributed by atoms with Crippen molar-refractivity contribution in [1.29, 1.82) is 0 Å². The first-order valence-electron chi connectivity index (χ1n) is 6.96. The molecule has 5 heteroatoms. The van der Waals surface area contributed by atoms with Crippen molar-refractivity contribution in [2.75, 3.05) is 39.8 Å². The van der Waals surface area contributed by atoms with E-state index in [2.05, 4.69) is 4.90 Å². The van der Waals surface area contributed by atoms with Crippen LogP contribution < -0.4 is 20.1 Å². The topological polar surface area (TPSA) is 60.6 Å². The van der Waals surface area contributed by atoms with Gasteiger partial charge in [0.1, 0.15) is 0 Å². The molecule has 0 spiro atoms. The molecule has 0 atom stereocenters. The number of anilines is 1. The first kappa shape index (κ1) is 15.4. The molecule has 0 aliphatic rings. The maximum Gasteiger partial charge on any atom is 0.162 e. The maximum atomic E-state index is 5.75. The number of rotatable bonds is 5. The summed E-state index contributed by atoms with van der Waals surface area (Å²) in [5.74, 6) is 1.39. The Hall–Kier alpha value is -2.01. The fourth-order valence-electron chi connectivity index (χ4n) is 2.69. The van der Waals surface area contributed by atoms with Crippen molar-refractivity contribution in [3.05, 3.63) is 23.4 Å². The average Bonchev–Trinajstić information content (AvgIpc) is 2.46. The molecule has 0 saturated carbocycles. The van der Waals surface area contributed by atoms with Crippen LogP contribution in [0.15, 0.2) is 12.1 Å². The molecular formula is C16H23N3O2. The van der Waals surface area contributed by atoms with Gasteiger partial charge in [-0.2, -0.15) is 0 Å². The highest BCUT2D eigenvalue weighted by molar-refractivity contribution is 5.96. The Kier molecular flexibility index (Phi) is 4.53. The molecule has 2 N–H and O–H groups in total. The van der Waals surface area contributed by atoms with E-state index in [1.165, 1.54) is 5.56 Å². The minimum Gasteiger partial charge on any atom is -0.493 e. The summed E-state index contributed by atoms with van der Waals surface area (Å²) < 4.78 is 10.8. The molecule has 1 aromatic heterocycles. The second-order valence-electron chi connectivity index (χ2n) is 5.18. The number of benzene rings is 1. The van der Waals surface area contributed by atoms with Gasteiger partial charge in [0.15, 0.2) is 11.5 Å². The molecule has 0 radical (unpaired) electrons. The highest BCUT2D eigenvalue weighted by atomic mass is 16.5. The van der Waals surface area contributed by atoms with Gasteiger partial charge in [0.2, 0.25) is 0 Å². The summed E-state index contributed by atoms with van der Waals surface area (Å²) in [7, 11) is 7.34. The molecule has 2 rings (SSSR count). The zero-order valence-electron chi connectivity index (χ0n) is 13.4. The smallest absolute Gasteiger partial charge is 0.162 e. The molecule has 0 bridgehead atoms. The van der Waals surface area contributed by atoms with Gasteiger partial charge in [-0.15, -0.1) is 0 Å². The first-order valence-corrected chi connectivity index (χ1v) is 6.96. The molecule has 114 valence electrons. The van der Waals surface area contributed by atoms with Crippen molar-refractivity contribution in [3.63, 3.8) is 0 Å². The Morgan fingerprint density at radius 1 is 1.14 bits per heavy atom. The van der Waals surface area contributed by atoms with Gasteiger partial charge in [-0.3, -0.25) is 4.98 Å². The van der Waals surface area contributed by atoms with Crippen LogP contribution >= 0.6 is 0 Å². The summed E-state index contributed by atoms with van der Waals surface area (Å²) in [6.07, 6.45) is 0.802. The zero-order valence-corrected chi connectivity index (χ0v) is 13.4. The number of nitrogens with two attached hydrogens (primary N) is 1. The van der Waals surface area contributed by atoms with Crippen molar-refractivity contribution in [3.8, 4) is 11.5 Å². The molecule has 5 nitrogen and oxygen atoms in total. The molecule has 0 saturated heterocycles. The Labute approximate surface area is 125 Å². The lowest BCUT2D eigenvalue weighted by Crippen LogP contribution is -2.16. The van der Waals surface area contributed by atoms with Gasteiger partial charge in [-0.1, -0.05) is 0 Å². The van der Waals surface area contributed by atoms with E-state index in [9.17, 15) is 0 Å². The molecule has 0 unspecified atom stereocenters. The van der Waals surface area contributed by atoms with Crippen molar-refractivity contribution >= 4 is 16.6 Å². The van der Waals surface area contributed by atoms with E-state index in [1.54, 1.807) is 14.2 Å². The SMILES string of the molecule is COc1cc2nc(C)c(CCN)c(N(C)C)c2cc1OC. The van der Waals surface area contributed by atoms with Crippen molar-refractivity contribution < 1.29 is 9.47 Å². The van der Waals surface area contributed by atoms with Crippen LogP contribution in [0, 0.1) is 6.92 Å². The number of pyridine rings is 1. The minimum absolute atomic E-state index is 0.599. The summed E-state index contributed by atoms with van der Waals surface area (Å²) in [6.45, 7) is 2.62. The van der Waals surface area contributed by atoms with Crippen LogP contribution in [0.4, 0.5) is 5.69 Å². The van der Waals surface area contributed by atoms with Crippen LogP contribution in [-0.4, -0.2) is 39.8 Å². The van der Waals surface area contributed by atoms with Crippen LogP contribution in [0.2, 0.25) is 0 Å². The van der Waals surface area contributed by atoms with Crippen LogP contribution in [-0.2, 0) is 6.42 Å². The minimum atomic E-state index is 0.599. The van der Waals surface area contributed by atoms with Gasteiger partial charge < -0.3 is 20.1 Å². The lowest BCUT2D eigenvalue weighted by Gasteiger charge is -2.22. The molecule has 1 heterocycles. The number of aryl methyl sites for hydroxylation is 1. The van der Waals surface area contributed by atoms with Crippen LogP contribution in [0.1, 0.15) is 11.3 Å². The van der Waals surface area contributed by atoms with Crippen molar-refractivity contribution in [2.45, 2.75) is 13.3 Å². The van der Waals surface area contributed by atoms with E-state index in [4.69, 9.17) is 20.2 Å². The monoisotopic (exact) mass is 289 g/mol. The molecule has 2 aromatic rings. The number of nitrogens with zero attached hydrogens (tertiary/aromatic N) is 2. The van der Waals surface area contributed by atoms with Gasteiger partial charge in [0, 0.05) is 31.2 Å². The molecule has 0 aliphatic heterocycles. The quantitative estimate of drug-likeness (QED) is 0.913. The Bertz CT molecular complexity index is 654. The van der Waals surface area contributed by atoms with Gasteiger partial charge in [0.25, 0.3) is 0 Å². The highest BCUT2D eigenvalue weighted by Crippen LogP contribution is 2.38. The third-order valence-electron chi connectivity index (χ3n) is 3.61. The summed E-state index contributed by atoms with van der Waals surface area (Å²) in [4.78, 5) is 6.81. The van der Waals surface area contributed by atoms with E-state index in [0.717, 1.165) is 28.7 Å². The van der Waals surface area contributed by atoms with Crippen LogP contribution in [0.3, 0.4) is 0 Å². The molecule has 0 aliphatic carbocycles. The van der Waals surface area contributed by atoms with Crippen molar-refractivity contribution in [1.82, 2.24) is 4.98 Å². The van der Waals surface area contributed by atoms with Gasteiger partial charge in [-0.05, 0) is 31.5 Å². The molecule has 0 fully saturated rings. The average molecular weight is 289 g/mol. The Balaban J connectivity index is 2.84. The van der Waals surface area contributed by atoms with Crippen LogP contribution in [0.25, 0.3) is 10.9 Å². The van der Waals surface area contributed by atoms with Gasteiger partial charge >= 0.3 is 0 Å². The lowest BCUT2D eigenvalue weighted by molar-refractivity contribution is 0.356. The standard InChI is InChI=1S/C16H23N3O2/c1-10-11(6-7-17)16(19(2)3)12-8-14(20-4)15(21-5)9-13(12)18-10/h8-9H,6-7,17H2,1-5H3. The first-order chi connectivity index (χ1) is 10.0. The normalized spacial score (nSPS) is 10.8. The molecule has 0 amide bonds. The third-order valence-corrected chi connectivity index (χ3v) is 3.61. The number of methoxy groups -OCH3 is 2. The second-order valence-corrected chi connectivity index (χ2v) is 5.18. The summed E-state index contributed by atoms with van der Waals surface area (Å²) in [5.41, 5.74) is 9.98. The highest BCUT2D eigenvalue weighted by Gasteiger charge is 2.17. The number of hydrogen-bond donors (Lipinski definition) is 1. The van der Waals surface area contributed by atoms with E-state index in [1.807, 2.05) is 33.2 Å². The second kappa shape index (κ2) is 6.18. The van der Waals surface area contributed by atoms with Crippen molar-refractivity contribution in [2.24, 2.45) is 5.73 Å². The predicted molar refractivity (Wildman–Crippen MR) is 86.7 cm³/mol. The van der Waals surface area contributed by atoms with Crippen LogP contribution in [0.5, 0.6) is 11.5 Å². The van der Waals surface area contributed by atoms with E-state index >= 15 is 0 Å². The van der Waals surface area contributed by atoms with E-state index in [0.29, 0.717) is 18.0 Å².